The monoisotopic (exact) mass is 338 g/mol. The average molecular weight is 339 g/mol. The minimum atomic E-state index is -1.05. The van der Waals surface area contributed by atoms with Crippen LogP contribution in [0, 0.1) is 12.7 Å². The second kappa shape index (κ2) is 6.05. The Kier molecular flexibility index (Phi) is 4.39. The molecule has 0 amide bonds. The molecule has 104 valence electrons. The van der Waals surface area contributed by atoms with Crippen LogP contribution in [-0.4, -0.2) is 11.1 Å². The first-order valence-electron chi connectivity index (χ1n) is 5.87. The molecule has 2 aromatic rings. The lowest BCUT2D eigenvalue weighted by molar-refractivity contribution is 0.0691. The topological polar surface area (TPSA) is 46.5 Å². The van der Waals surface area contributed by atoms with Crippen LogP contribution in [0.25, 0.3) is 0 Å². The lowest BCUT2D eigenvalue weighted by Crippen LogP contribution is -2.04. The van der Waals surface area contributed by atoms with Gasteiger partial charge in [-0.3, -0.25) is 0 Å². The van der Waals surface area contributed by atoms with Gasteiger partial charge in [-0.1, -0.05) is 27.6 Å². The zero-order valence-corrected chi connectivity index (χ0v) is 12.3. The van der Waals surface area contributed by atoms with Gasteiger partial charge in [0.2, 0.25) is 0 Å². The summed E-state index contributed by atoms with van der Waals surface area (Å²) in [7, 11) is 0. The van der Waals surface area contributed by atoms with Crippen molar-refractivity contribution in [2.24, 2.45) is 0 Å². The van der Waals surface area contributed by atoms with E-state index in [1.807, 2.05) is 0 Å². The fourth-order valence-electron chi connectivity index (χ4n) is 1.79. The summed E-state index contributed by atoms with van der Waals surface area (Å²) in [4.78, 5) is 11.1. The van der Waals surface area contributed by atoms with Gasteiger partial charge in [-0.05, 0) is 42.8 Å². The Morgan fingerprint density at radius 1 is 1.30 bits per heavy atom. The third-order valence-corrected chi connectivity index (χ3v) is 3.14. The highest BCUT2D eigenvalue weighted by Gasteiger charge is 2.11. The number of aromatic carboxylic acids is 1. The number of carboxylic acid groups (broad SMARTS) is 1. The van der Waals surface area contributed by atoms with Crippen molar-refractivity contribution >= 4 is 21.9 Å². The van der Waals surface area contributed by atoms with Crippen molar-refractivity contribution < 1.29 is 19.0 Å². The second-order valence-electron chi connectivity index (χ2n) is 4.37. The van der Waals surface area contributed by atoms with Gasteiger partial charge in [-0.15, -0.1) is 0 Å². The van der Waals surface area contributed by atoms with Crippen LogP contribution in [-0.2, 0) is 6.61 Å². The molecule has 0 aliphatic heterocycles. The first-order chi connectivity index (χ1) is 9.45. The minimum Gasteiger partial charge on any atom is -0.488 e. The molecule has 0 aliphatic carbocycles. The molecule has 0 heterocycles. The van der Waals surface area contributed by atoms with E-state index in [4.69, 9.17) is 9.84 Å². The molecule has 2 aromatic carbocycles. The quantitative estimate of drug-likeness (QED) is 0.909. The summed E-state index contributed by atoms with van der Waals surface area (Å²) in [6.45, 7) is 1.90. The standard InChI is InChI=1S/C15H12BrFO3/c1-9-2-3-14(13(4-9)15(18)19)20-8-10-5-11(16)7-12(17)6-10/h2-7H,8H2,1H3,(H,18,19). The Morgan fingerprint density at radius 3 is 2.70 bits per heavy atom. The van der Waals surface area contributed by atoms with E-state index in [2.05, 4.69) is 15.9 Å². The number of rotatable bonds is 4. The zero-order valence-electron chi connectivity index (χ0n) is 10.7. The maximum absolute atomic E-state index is 13.2. The number of halogens is 2. The van der Waals surface area contributed by atoms with Crippen LogP contribution < -0.4 is 4.74 Å². The maximum Gasteiger partial charge on any atom is 0.339 e. The normalized spacial score (nSPS) is 10.3. The van der Waals surface area contributed by atoms with Gasteiger partial charge in [-0.2, -0.15) is 0 Å². The van der Waals surface area contributed by atoms with E-state index in [0.29, 0.717) is 10.0 Å². The second-order valence-corrected chi connectivity index (χ2v) is 5.29. The molecular weight excluding hydrogens is 327 g/mol. The summed E-state index contributed by atoms with van der Waals surface area (Å²) in [5, 5.41) is 9.13. The SMILES string of the molecule is Cc1ccc(OCc2cc(F)cc(Br)c2)c(C(=O)O)c1. The summed E-state index contributed by atoms with van der Waals surface area (Å²) in [6.07, 6.45) is 0. The summed E-state index contributed by atoms with van der Waals surface area (Å²) in [6, 6.07) is 9.32. The Hall–Kier alpha value is -1.88. The van der Waals surface area contributed by atoms with Crippen LogP contribution in [0.2, 0.25) is 0 Å². The van der Waals surface area contributed by atoms with Gasteiger partial charge in [0.15, 0.2) is 0 Å². The van der Waals surface area contributed by atoms with Crippen molar-refractivity contribution in [2.45, 2.75) is 13.5 Å². The van der Waals surface area contributed by atoms with Gasteiger partial charge in [0.05, 0.1) is 0 Å². The highest BCUT2D eigenvalue weighted by molar-refractivity contribution is 9.10. The van der Waals surface area contributed by atoms with Crippen LogP contribution in [0.15, 0.2) is 40.9 Å². The van der Waals surface area contributed by atoms with E-state index < -0.39 is 5.97 Å². The highest BCUT2D eigenvalue weighted by Crippen LogP contribution is 2.22. The Morgan fingerprint density at radius 2 is 2.05 bits per heavy atom. The van der Waals surface area contributed by atoms with Crippen molar-refractivity contribution in [3.05, 3.63) is 63.4 Å². The van der Waals surface area contributed by atoms with E-state index in [-0.39, 0.29) is 23.7 Å². The molecule has 0 saturated heterocycles. The van der Waals surface area contributed by atoms with Crippen LogP contribution in [0.4, 0.5) is 4.39 Å². The highest BCUT2D eigenvalue weighted by atomic mass is 79.9. The summed E-state index contributed by atoms with van der Waals surface area (Å²) in [5.41, 5.74) is 1.55. The molecule has 5 heteroatoms. The fraction of sp³-hybridized carbons (Fsp3) is 0.133. The minimum absolute atomic E-state index is 0.0969. The van der Waals surface area contributed by atoms with Gasteiger partial charge in [-0.25, -0.2) is 9.18 Å². The largest absolute Gasteiger partial charge is 0.488 e. The van der Waals surface area contributed by atoms with Gasteiger partial charge >= 0.3 is 5.97 Å². The molecule has 0 unspecified atom stereocenters. The van der Waals surface area contributed by atoms with Crippen molar-refractivity contribution in [3.8, 4) is 5.75 Å². The van der Waals surface area contributed by atoms with Gasteiger partial charge < -0.3 is 9.84 Å². The molecule has 3 nitrogen and oxygen atoms in total. The van der Waals surface area contributed by atoms with Crippen molar-refractivity contribution in [1.29, 1.82) is 0 Å². The molecule has 0 atom stereocenters. The molecule has 2 rings (SSSR count). The van der Waals surface area contributed by atoms with E-state index in [1.54, 1.807) is 31.2 Å². The van der Waals surface area contributed by atoms with Gasteiger partial charge in [0.25, 0.3) is 0 Å². The fourth-order valence-corrected chi connectivity index (χ4v) is 2.30. The Bertz CT molecular complexity index is 635. The van der Waals surface area contributed by atoms with Crippen LogP contribution in [0.1, 0.15) is 21.5 Å². The maximum atomic E-state index is 13.2. The third-order valence-electron chi connectivity index (χ3n) is 2.68. The first-order valence-corrected chi connectivity index (χ1v) is 6.67. The van der Waals surface area contributed by atoms with E-state index in [1.165, 1.54) is 12.1 Å². The molecule has 20 heavy (non-hydrogen) atoms. The predicted octanol–water partition coefficient (Wildman–Crippen LogP) is 4.17. The number of carbonyl (C=O) groups is 1. The molecule has 0 fully saturated rings. The number of hydrogen-bond donors (Lipinski definition) is 1. The molecule has 0 saturated carbocycles. The average Bonchev–Trinajstić information content (AvgIpc) is 2.36. The van der Waals surface area contributed by atoms with E-state index in [9.17, 15) is 9.18 Å². The smallest absolute Gasteiger partial charge is 0.339 e. The van der Waals surface area contributed by atoms with Crippen molar-refractivity contribution in [2.75, 3.05) is 0 Å². The van der Waals surface area contributed by atoms with Gasteiger partial charge in [0, 0.05) is 4.47 Å². The van der Waals surface area contributed by atoms with Gasteiger partial charge in [0.1, 0.15) is 23.7 Å². The summed E-state index contributed by atoms with van der Waals surface area (Å²) < 4.78 is 19.3. The van der Waals surface area contributed by atoms with Crippen molar-refractivity contribution in [1.82, 2.24) is 0 Å². The molecule has 0 aromatic heterocycles. The number of ether oxygens (including phenoxy) is 1. The Labute approximate surface area is 124 Å². The van der Waals surface area contributed by atoms with E-state index >= 15 is 0 Å². The van der Waals surface area contributed by atoms with Crippen LogP contribution in [0.3, 0.4) is 0 Å². The van der Waals surface area contributed by atoms with Crippen LogP contribution >= 0.6 is 15.9 Å². The number of carboxylic acids is 1. The van der Waals surface area contributed by atoms with Crippen molar-refractivity contribution in [3.63, 3.8) is 0 Å². The van der Waals surface area contributed by atoms with Crippen LogP contribution in [0.5, 0.6) is 5.75 Å². The Balaban J connectivity index is 2.20. The molecule has 0 radical (unpaired) electrons. The molecule has 0 bridgehead atoms. The molecule has 0 spiro atoms. The molecule has 0 aliphatic rings. The molecular formula is C15H12BrFO3. The number of hydrogen-bond acceptors (Lipinski definition) is 2. The third kappa shape index (κ3) is 3.57. The predicted molar refractivity (Wildman–Crippen MR) is 76.6 cm³/mol. The number of benzene rings is 2. The lowest BCUT2D eigenvalue weighted by atomic mass is 10.1. The lowest BCUT2D eigenvalue weighted by Gasteiger charge is -2.10. The van der Waals surface area contributed by atoms with E-state index in [0.717, 1.165) is 5.56 Å². The number of aryl methyl sites for hydroxylation is 1. The summed E-state index contributed by atoms with van der Waals surface area (Å²) >= 11 is 3.20. The summed E-state index contributed by atoms with van der Waals surface area (Å²) in [5.74, 6) is -1.16. The molecule has 1 N–H and O–H groups in total. The zero-order chi connectivity index (χ0) is 14.7. The first kappa shape index (κ1) is 14.5.